The fourth-order valence-electron chi connectivity index (χ4n) is 2.25. The summed E-state index contributed by atoms with van der Waals surface area (Å²) in [4.78, 5) is 15.9. The van der Waals surface area contributed by atoms with Crippen molar-refractivity contribution in [2.45, 2.75) is 25.9 Å². The van der Waals surface area contributed by atoms with Crippen LogP contribution in [0.2, 0.25) is 5.02 Å². The highest BCUT2D eigenvalue weighted by atomic mass is 35.5. The van der Waals surface area contributed by atoms with Crippen LogP contribution >= 0.6 is 11.6 Å². The summed E-state index contributed by atoms with van der Waals surface area (Å²) in [5.74, 6) is 0.972. The van der Waals surface area contributed by atoms with Crippen LogP contribution in [-0.2, 0) is 0 Å². The van der Waals surface area contributed by atoms with Gasteiger partial charge in [0.25, 0.3) is 0 Å². The van der Waals surface area contributed by atoms with Crippen molar-refractivity contribution in [3.8, 4) is 11.8 Å². The van der Waals surface area contributed by atoms with E-state index >= 15 is 0 Å². The Morgan fingerprint density at radius 2 is 2.26 bits per heavy atom. The molecule has 0 aliphatic carbocycles. The number of aromatic amines is 1. The number of aromatic nitrogens is 4. The SMILES string of the molecule is CCCC(Oc1cc(Cl)ccc1C#N)c1ncc2[nH]cnc2n1. The average Bonchev–Trinajstić information content (AvgIpc) is 3.02. The second kappa shape index (κ2) is 6.63. The molecule has 2 aromatic heterocycles. The van der Waals surface area contributed by atoms with Crippen molar-refractivity contribution >= 4 is 22.8 Å². The first-order chi connectivity index (χ1) is 11.2. The molecule has 0 saturated heterocycles. The number of benzene rings is 1. The van der Waals surface area contributed by atoms with E-state index in [1.54, 1.807) is 30.7 Å². The van der Waals surface area contributed by atoms with Crippen LogP contribution in [0.15, 0.2) is 30.7 Å². The highest BCUT2D eigenvalue weighted by Crippen LogP contribution is 2.29. The monoisotopic (exact) mass is 327 g/mol. The molecular formula is C16H14ClN5O. The molecule has 0 radical (unpaired) electrons. The zero-order valence-electron chi connectivity index (χ0n) is 12.5. The van der Waals surface area contributed by atoms with Gasteiger partial charge in [0.05, 0.1) is 18.1 Å². The number of hydrogen-bond acceptors (Lipinski definition) is 5. The fraction of sp³-hybridized carbons (Fsp3) is 0.250. The Hall–Kier alpha value is -2.65. The van der Waals surface area contributed by atoms with Gasteiger partial charge in [0.2, 0.25) is 0 Å². The van der Waals surface area contributed by atoms with Crippen LogP contribution in [0, 0.1) is 11.3 Å². The van der Waals surface area contributed by atoms with E-state index in [-0.39, 0.29) is 6.10 Å². The average molecular weight is 328 g/mol. The molecule has 0 saturated carbocycles. The lowest BCUT2D eigenvalue weighted by molar-refractivity contribution is 0.183. The summed E-state index contributed by atoms with van der Waals surface area (Å²) in [5, 5.41) is 9.73. The van der Waals surface area contributed by atoms with Crippen LogP contribution in [0.3, 0.4) is 0 Å². The normalized spacial score (nSPS) is 12.0. The largest absolute Gasteiger partial charge is 0.481 e. The minimum atomic E-state index is -0.369. The van der Waals surface area contributed by atoms with Crippen LogP contribution in [0.4, 0.5) is 0 Å². The van der Waals surface area contributed by atoms with Crippen molar-refractivity contribution in [3.63, 3.8) is 0 Å². The van der Waals surface area contributed by atoms with E-state index in [2.05, 4.69) is 26.0 Å². The van der Waals surface area contributed by atoms with E-state index < -0.39 is 0 Å². The zero-order valence-corrected chi connectivity index (χ0v) is 13.2. The summed E-state index contributed by atoms with van der Waals surface area (Å²) in [5.41, 5.74) is 1.78. The molecule has 6 nitrogen and oxygen atoms in total. The van der Waals surface area contributed by atoms with Crippen LogP contribution in [0.5, 0.6) is 5.75 Å². The molecule has 1 unspecified atom stereocenters. The van der Waals surface area contributed by atoms with E-state index in [1.165, 1.54) is 0 Å². The second-order valence-corrected chi connectivity index (χ2v) is 5.45. The molecule has 0 spiro atoms. The predicted octanol–water partition coefficient (Wildman–Crippen LogP) is 3.80. The molecule has 3 aromatic rings. The van der Waals surface area contributed by atoms with Crippen molar-refractivity contribution in [2.75, 3.05) is 0 Å². The van der Waals surface area contributed by atoms with Crippen LogP contribution < -0.4 is 4.74 Å². The van der Waals surface area contributed by atoms with Gasteiger partial charge < -0.3 is 9.72 Å². The number of H-pyrrole nitrogens is 1. The first-order valence-corrected chi connectivity index (χ1v) is 7.61. The van der Waals surface area contributed by atoms with Crippen molar-refractivity contribution in [1.29, 1.82) is 5.26 Å². The predicted molar refractivity (Wildman–Crippen MR) is 86.1 cm³/mol. The molecule has 1 atom stereocenters. The number of halogens is 1. The van der Waals surface area contributed by atoms with E-state index in [0.717, 1.165) is 11.9 Å². The highest BCUT2D eigenvalue weighted by molar-refractivity contribution is 6.30. The van der Waals surface area contributed by atoms with Crippen LogP contribution in [-0.4, -0.2) is 19.9 Å². The van der Waals surface area contributed by atoms with E-state index in [0.29, 0.717) is 34.2 Å². The molecule has 23 heavy (non-hydrogen) atoms. The van der Waals surface area contributed by atoms with Gasteiger partial charge in [-0.2, -0.15) is 5.26 Å². The minimum Gasteiger partial charge on any atom is -0.481 e. The molecule has 116 valence electrons. The number of imidazole rings is 1. The first kappa shape index (κ1) is 15.3. The van der Waals surface area contributed by atoms with E-state index in [1.807, 2.05) is 6.92 Å². The molecule has 0 aliphatic heterocycles. The van der Waals surface area contributed by atoms with Crippen LogP contribution in [0.1, 0.15) is 37.3 Å². The third kappa shape index (κ3) is 3.25. The fourth-order valence-corrected chi connectivity index (χ4v) is 2.41. The Labute approximate surface area is 138 Å². The second-order valence-electron chi connectivity index (χ2n) is 5.02. The van der Waals surface area contributed by atoms with Crippen molar-refractivity contribution < 1.29 is 4.74 Å². The number of ether oxygens (including phenoxy) is 1. The Morgan fingerprint density at radius 1 is 1.39 bits per heavy atom. The zero-order chi connectivity index (χ0) is 16.2. The van der Waals surface area contributed by atoms with Gasteiger partial charge in [0.1, 0.15) is 17.3 Å². The summed E-state index contributed by atoms with van der Waals surface area (Å²) in [7, 11) is 0. The molecule has 0 amide bonds. The molecule has 0 fully saturated rings. The lowest BCUT2D eigenvalue weighted by Crippen LogP contribution is -2.12. The molecule has 1 N–H and O–H groups in total. The Morgan fingerprint density at radius 3 is 3.04 bits per heavy atom. The number of hydrogen-bond donors (Lipinski definition) is 1. The van der Waals surface area contributed by atoms with Gasteiger partial charge in [-0.05, 0) is 18.6 Å². The van der Waals surface area contributed by atoms with Gasteiger partial charge in [-0.25, -0.2) is 15.0 Å². The topological polar surface area (TPSA) is 87.5 Å². The van der Waals surface area contributed by atoms with Gasteiger partial charge in [-0.1, -0.05) is 24.9 Å². The quantitative estimate of drug-likeness (QED) is 0.770. The van der Waals surface area contributed by atoms with Gasteiger partial charge in [0.15, 0.2) is 17.6 Å². The maximum absolute atomic E-state index is 9.22. The molecular weight excluding hydrogens is 314 g/mol. The molecule has 0 bridgehead atoms. The summed E-state index contributed by atoms with van der Waals surface area (Å²) in [6.07, 6.45) is 4.48. The number of rotatable bonds is 5. The van der Waals surface area contributed by atoms with E-state index in [9.17, 15) is 5.26 Å². The smallest absolute Gasteiger partial charge is 0.180 e. The van der Waals surface area contributed by atoms with Gasteiger partial charge >= 0.3 is 0 Å². The van der Waals surface area contributed by atoms with Gasteiger partial charge in [-0.15, -0.1) is 0 Å². The molecule has 0 aliphatic rings. The molecule has 7 heteroatoms. The molecule has 3 rings (SSSR count). The number of nitrogens with one attached hydrogen (secondary N) is 1. The van der Waals surface area contributed by atoms with Gasteiger partial charge in [0, 0.05) is 11.1 Å². The number of fused-ring (bicyclic) bond motifs is 1. The van der Waals surface area contributed by atoms with Crippen LogP contribution in [0.25, 0.3) is 11.2 Å². The Kier molecular flexibility index (Phi) is 4.40. The summed E-state index contributed by atoms with van der Waals surface area (Å²) >= 11 is 6.01. The number of nitrogens with zero attached hydrogens (tertiary/aromatic N) is 4. The molecule has 2 heterocycles. The highest BCUT2D eigenvalue weighted by Gasteiger charge is 2.19. The van der Waals surface area contributed by atoms with Crippen molar-refractivity contribution in [3.05, 3.63) is 47.1 Å². The standard InChI is InChI=1S/C16H14ClN5O/c1-2-3-13(16-19-8-12-15(22-16)21-9-20-12)23-14-6-11(17)5-4-10(14)7-18/h4-6,8-9,13H,2-3H2,1H3,(H,19,20,21,22). The maximum Gasteiger partial charge on any atom is 0.180 e. The third-order valence-corrected chi connectivity index (χ3v) is 3.60. The van der Waals surface area contributed by atoms with Crippen molar-refractivity contribution in [2.24, 2.45) is 0 Å². The summed E-state index contributed by atoms with van der Waals surface area (Å²) in [6.45, 7) is 2.05. The Bertz CT molecular complexity index is 870. The third-order valence-electron chi connectivity index (χ3n) is 3.37. The van der Waals surface area contributed by atoms with E-state index in [4.69, 9.17) is 16.3 Å². The first-order valence-electron chi connectivity index (χ1n) is 7.23. The Balaban J connectivity index is 1.95. The van der Waals surface area contributed by atoms with Crippen molar-refractivity contribution in [1.82, 2.24) is 19.9 Å². The molecule has 1 aromatic carbocycles. The summed E-state index contributed by atoms with van der Waals surface area (Å²) in [6, 6.07) is 7.04. The minimum absolute atomic E-state index is 0.369. The maximum atomic E-state index is 9.22. The summed E-state index contributed by atoms with van der Waals surface area (Å²) < 4.78 is 6.00. The lowest BCUT2D eigenvalue weighted by atomic mass is 10.1. The van der Waals surface area contributed by atoms with Gasteiger partial charge in [-0.3, -0.25) is 0 Å². The number of nitriles is 1. The lowest BCUT2D eigenvalue weighted by Gasteiger charge is -2.18.